The van der Waals surface area contributed by atoms with Crippen molar-refractivity contribution in [2.45, 2.75) is 6.42 Å². The second-order valence-corrected chi connectivity index (χ2v) is 4.54. The van der Waals surface area contributed by atoms with Crippen molar-refractivity contribution in [2.24, 2.45) is 5.92 Å². The Labute approximate surface area is 115 Å². The van der Waals surface area contributed by atoms with Crippen LogP contribution in [0.15, 0.2) is 18.2 Å². The number of hydrogen-bond donors (Lipinski definition) is 2. The number of rotatable bonds is 3. The number of halogens is 1. The predicted molar refractivity (Wildman–Crippen MR) is 69.3 cm³/mol. The molecule has 0 bridgehead atoms. The van der Waals surface area contributed by atoms with Gasteiger partial charge < -0.3 is 20.1 Å². The molecule has 1 aliphatic heterocycles. The lowest BCUT2D eigenvalue weighted by Crippen LogP contribution is -2.33. The van der Waals surface area contributed by atoms with Gasteiger partial charge in [-0.05, 0) is 18.6 Å². The minimum atomic E-state index is -0.913. The molecule has 2 N–H and O–H groups in total. The monoisotopic (exact) mass is 282 g/mol. The van der Waals surface area contributed by atoms with E-state index in [1.807, 2.05) is 0 Å². The normalized spacial score (nSPS) is 17.9. The molecule has 0 aliphatic carbocycles. The first kappa shape index (κ1) is 14.1. The molecular weight excluding hydrogens is 267 g/mol. The Morgan fingerprint density at radius 1 is 1.50 bits per heavy atom. The van der Waals surface area contributed by atoms with Gasteiger partial charge in [-0.2, -0.15) is 0 Å². The number of amides is 2. The maximum absolute atomic E-state index is 13.2. The number of ether oxygens (including phenoxy) is 1. The average molecular weight is 282 g/mol. The van der Waals surface area contributed by atoms with Crippen LogP contribution in [0.2, 0.25) is 0 Å². The van der Waals surface area contributed by atoms with E-state index < -0.39 is 23.7 Å². The molecule has 1 unspecified atom stereocenters. The van der Waals surface area contributed by atoms with E-state index in [1.165, 1.54) is 24.1 Å². The van der Waals surface area contributed by atoms with Gasteiger partial charge in [0.25, 0.3) is 0 Å². The summed E-state index contributed by atoms with van der Waals surface area (Å²) in [6, 6.07) is 3.33. The summed E-state index contributed by atoms with van der Waals surface area (Å²) in [6.45, 7) is 0.513. The first-order valence-electron chi connectivity index (χ1n) is 6.13. The Balaban J connectivity index is 2.05. The molecule has 108 valence electrons. The van der Waals surface area contributed by atoms with E-state index in [4.69, 9.17) is 9.84 Å². The Kier molecular flexibility index (Phi) is 4.07. The molecule has 0 spiro atoms. The molecule has 2 rings (SSSR count). The largest absolute Gasteiger partial charge is 0.495 e. The SMILES string of the molecule is COc1ccc(F)cc1NC(=O)N1CCC(C(=O)O)C1. The topological polar surface area (TPSA) is 78.9 Å². The van der Waals surface area contributed by atoms with Crippen molar-refractivity contribution in [1.82, 2.24) is 4.90 Å². The number of aliphatic carboxylic acids is 1. The lowest BCUT2D eigenvalue weighted by atomic mass is 10.1. The zero-order chi connectivity index (χ0) is 14.7. The van der Waals surface area contributed by atoms with Crippen LogP contribution in [0.25, 0.3) is 0 Å². The number of hydrogen-bond acceptors (Lipinski definition) is 3. The van der Waals surface area contributed by atoms with Crippen LogP contribution in [-0.2, 0) is 4.79 Å². The Bertz CT molecular complexity index is 535. The fourth-order valence-electron chi connectivity index (χ4n) is 2.12. The Hall–Kier alpha value is -2.31. The van der Waals surface area contributed by atoms with Gasteiger partial charge in [0, 0.05) is 19.2 Å². The first-order chi connectivity index (χ1) is 9.51. The van der Waals surface area contributed by atoms with Gasteiger partial charge in [-0.25, -0.2) is 9.18 Å². The van der Waals surface area contributed by atoms with E-state index in [9.17, 15) is 14.0 Å². The van der Waals surface area contributed by atoms with Gasteiger partial charge in [-0.3, -0.25) is 4.79 Å². The smallest absolute Gasteiger partial charge is 0.321 e. The molecule has 1 aromatic rings. The van der Waals surface area contributed by atoms with Crippen LogP contribution >= 0.6 is 0 Å². The van der Waals surface area contributed by atoms with Gasteiger partial charge in [-0.1, -0.05) is 0 Å². The molecule has 0 saturated carbocycles. The molecule has 1 aromatic carbocycles. The van der Waals surface area contributed by atoms with Gasteiger partial charge in [-0.15, -0.1) is 0 Å². The third-order valence-corrected chi connectivity index (χ3v) is 3.23. The van der Waals surface area contributed by atoms with Crippen molar-refractivity contribution in [2.75, 3.05) is 25.5 Å². The molecule has 1 atom stereocenters. The number of benzene rings is 1. The van der Waals surface area contributed by atoms with Crippen molar-refractivity contribution in [3.63, 3.8) is 0 Å². The van der Waals surface area contributed by atoms with Gasteiger partial charge >= 0.3 is 12.0 Å². The second kappa shape index (κ2) is 5.77. The number of likely N-dealkylation sites (tertiary alicyclic amines) is 1. The number of carboxylic acids is 1. The molecule has 2 amide bonds. The number of nitrogens with zero attached hydrogens (tertiary/aromatic N) is 1. The summed E-state index contributed by atoms with van der Waals surface area (Å²) < 4.78 is 18.2. The highest BCUT2D eigenvalue weighted by molar-refractivity contribution is 5.91. The van der Waals surface area contributed by atoms with Gasteiger partial charge in [0.05, 0.1) is 18.7 Å². The second-order valence-electron chi connectivity index (χ2n) is 4.54. The minimum Gasteiger partial charge on any atom is -0.495 e. The summed E-state index contributed by atoms with van der Waals surface area (Å²) in [5.74, 6) is -1.61. The highest BCUT2D eigenvalue weighted by atomic mass is 19.1. The van der Waals surface area contributed by atoms with Crippen LogP contribution in [-0.4, -0.2) is 42.2 Å². The molecule has 7 heteroatoms. The lowest BCUT2D eigenvalue weighted by Gasteiger charge is -2.18. The molecular formula is C13H15FN2O4. The number of carbonyl (C=O) groups excluding carboxylic acids is 1. The highest BCUT2D eigenvalue weighted by Crippen LogP contribution is 2.26. The Morgan fingerprint density at radius 2 is 2.25 bits per heavy atom. The maximum atomic E-state index is 13.2. The first-order valence-corrected chi connectivity index (χ1v) is 6.13. The fraction of sp³-hybridized carbons (Fsp3) is 0.385. The van der Waals surface area contributed by atoms with E-state index in [0.29, 0.717) is 18.7 Å². The third-order valence-electron chi connectivity index (χ3n) is 3.23. The van der Waals surface area contributed by atoms with E-state index in [1.54, 1.807) is 0 Å². The number of carbonyl (C=O) groups is 2. The average Bonchev–Trinajstić information content (AvgIpc) is 2.89. The molecule has 1 saturated heterocycles. The summed E-state index contributed by atoms with van der Waals surface area (Å²) in [4.78, 5) is 24.2. The quantitative estimate of drug-likeness (QED) is 0.885. The minimum absolute atomic E-state index is 0.152. The van der Waals surface area contributed by atoms with Crippen LogP contribution in [0.4, 0.5) is 14.9 Å². The summed E-state index contributed by atoms with van der Waals surface area (Å²) in [5.41, 5.74) is 0.219. The van der Waals surface area contributed by atoms with Crippen LogP contribution < -0.4 is 10.1 Å². The number of urea groups is 1. The van der Waals surface area contributed by atoms with Crippen molar-refractivity contribution in [1.29, 1.82) is 0 Å². The van der Waals surface area contributed by atoms with Gasteiger partial charge in [0.1, 0.15) is 11.6 Å². The van der Waals surface area contributed by atoms with Crippen molar-refractivity contribution in [3.8, 4) is 5.75 Å². The number of nitrogens with one attached hydrogen (secondary N) is 1. The van der Waals surface area contributed by atoms with Gasteiger partial charge in [0.2, 0.25) is 0 Å². The summed E-state index contributed by atoms with van der Waals surface area (Å²) in [7, 11) is 1.42. The summed E-state index contributed by atoms with van der Waals surface area (Å²) >= 11 is 0. The van der Waals surface area contributed by atoms with E-state index in [-0.39, 0.29) is 12.2 Å². The lowest BCUT2D eigenvalue weighted by molar-refractivity contribution is -0.141. The standard InChI is InChI=1S/C13H15FN2O4/c1-20-11-3-2-9(14)6-10(11)15-13(19)16-5-4-8(7-16)12(17)18/h2-3,6,8H,4-5,7H2,1H3,(H,15,19)(H,17,18). The van der Waals surface area contributed by atoms with Crippen LogP contribution in [0.1, 0.15) is 6.42 Å². The van der Waals surface area contributed by atoms with E-state index in [0.717, 1.165) is 6.07 Å². The van der Waals surface area contributed by atoms with Crippen molar-refractivity contribution >= 4 is 17.7 Å². The highest BCUT2D eigenvalue weighted by Gasteiger charge is 2.31. The molecule has 1 aliphatic rings. The molecule has 20 heavy (non-hydrogen) atoms. The molecule has 0 radical (unpaired) electrons. The summed E-state index contributed by atoms with van der Waals surface area (Å²) in [6.07, 6.45) is 0.420. The molecule has 1 fully saturated rings. The number of methoxy groups -OCH3 is 1. The number of anilines is 1. The van der Waals surface area contributed by atoms with E-state index >= 15 is 0 Å². The maximum Gasteiger partial charge on any atom is 0.321 e. The fourth-order valence-corrected chi connectivity index (χ4v) is 2.12. The van der Waals surface area contributed by atoms with Crippen LogP contribution in [0, 0.1) is 11.7 Å². The molecule has 1 heterocycles. The zero-order valence-corrected chi connectivity index (χ0v) is 10.9. The third kappa shape index (κ3) is 2.98. The van der Waals surface area contributed by atoms with Crippen LogP contribution in [0.5, 0.6) is 5.75 Å². The van der Waals surface area contributed by atoms with E-state index in [2.05, 4.69) is 5.32 Å². The van der Waals surface area contributed by atoms with Gasteiger partial charge in [0.15, 0.2) is 0 Å². The molecule has 0 aromatic heterocycles. The zero-order valence-electron chi connectivity index (χ0n) is 10.9. The van der Waals surface area contributed by atoms with Crippen molar-refractivity contribution < 1.29 is 23.8 Å². The summed E-state index contributed by atoms with van der Waals surface area (Å²) in [5, 5.41) is 11.4. The predicted octanol–water partition coefficient (Wildman–Crippen LogP) is 1.77. The van der Waals surface area contributed by atoms with Crippen LogP contribution in [0.3, 0.4) is 0 Å². The molecule has 6 nitrogen and oxygen atoms in total. The van der Waals surface area contributed by atoms with Crippen molar-refractivity contribution in [3.05, 3.63) is 24.0 Å². The Morgan fingerprint density at radius 3 is 2.85 bits per heavy atom. The number of carboxylic acid groups (broad SMARTS) is 1.